The van der Waals surface area contributed by atoms with Gasteiger partial charge < -0.3 is 10.2 Å². The van der Waals surface area contributed by atoms with E-state index in [-0.39, 0.29) is 11.8 Å². The Labute approximate surface area is 166 Å². The Bertz CT molecular complexity index is 774. The van der Waals surface area contributed by atoms with Crippen LogP contribution in [0.3, 0.4) is 0 Å². The van der Waals surface area contributed by atoms with Crippen molar-refractivity contribution >= 4 is 23.4 Å². The molecule has 0 fully saturated rings. The van der Waals surface area contributed by atoms with Gasteiger partial charge in [-0.1, -0.05) is 61.0 Å². The van der Waals surface area contributed by atoms with Crippen LogP contribution in [0.2, 0.25) is 5.02 Å². The number of benzene rings is 2. The van der Waals surface area contributed by atoms with Crippen molar-refractivity contribution in [1.29, 1.82) is 0 Å². The van der Waals surface area contributed by atoms with Gasteiger partial charge in [0.1, 0.15) is 6.04 Å². The molecule has 0 aliphatic rings. The molecule has 0 unspecified atom stereocenters. The first-order chi connectivity index (χ1) is 13.0. The summed E-state index contributed by atoms with van der Waals surface area (Å²) in [4.78, 5) is 26.7. The molecule has 2 rings (SSSR count). The number of aryl methyl sites for hydroxylation is 2. The molecule has 0 aliphatic heterocycles. The maximum absolute atomic E-state index is 12.9. The van der Waals surface area contributed by atoms with Gasteiger partial charge in [-0.05, 0) is 42.5 Å². The Hall–Kier alpha value is -2.33. The molecule has 27 heavy (non-hydrogen) atoms. The summed E-state index contributed by atoms with van der Waals surface area (Å²) in [6, 6.07) is 15.1. The summed E-state index contributed by atoms with van der Waals surface area (Å²) in [5.41, 5.74) is 3.22. The Morgan fingerprint density at radius 1 is 1.07 bits per heavy atom. The highest BCUT2D eigenvalue weighted by Gasteiger charge is 2.25. The van der Waals surface area contributed by atoms with Crippen molar-refractivity contribution in [2.24, 2.45) is 0 Å². The van der Waals surface area contributed by atoms with Crippen LogP contribution in [-0.4, -0.2) is 29.8 Å². The molecule has 4 nitrogen and oxygen atoms in total. The van der Waals surface area contributed by atoms with Gasteiger partial charge in [-0.25, -0.2) is 0 Å². The summed E-state index contributed by atoms with van der Waals surface area (Å²) in [5, 5.41) is 3.21. The minimum atomic E-state index is -0.568. The highest BCUT2D eigenvalue weighted by molar-refractivity contribution is 6.31. The number of nitrogens with zero attached hydrogens (tertiary/aromatic N) is 1. The molecule has 0 aliphatic carbocycles. The van der Waals surface area contributed by atoms with Crippen molar-refractivity contribution in [2.45, 2.75) is 45.7 Å². The quantitative estimate of drug-likeness (QED) is 0.745. The maximum Gasteiger partial charge on any atom is 0.242 e. The van der Waals surface area contributed by atoms with Crippen molar-refractivity contribution in [2.75, 3.05) is 7.05 Å². The molecule has 0 aromatic heterocycles. The van der Waals surface area contributed by atoms with Crippen molar-refractivity contribution in [1.82, 2.24) is 10.2 Å². The fourth-order valence-corrected chi connectivity index (χ4v) is 3.13. The van der Waals surface area contributed by atoms with Gasteiger partial charge in [0.15, 0.2) is 0 Å². The summed E-state index contributed by atoms with van der Waals surface area (Å²) < 4.78 is 0. The summed E-state index contributed by atoms with van der Waals surface area (Å²) >= 11 is 6.25. The maximum atomic E-state index is 12.9. The van der Waals surface area contributed by atoms with Gasteiger partial charge in [0.25, 0.3) is 0 Å². The second kappa shape index (κ2) is 10.1. The fourth-order valence-electron chi connectivity index (χ4n) is 2.94. The summed E-state index contributed by atoms with van der Waals surface area (Å²) in [7, 11) is 1.58. The lowest BCUT2D eigenvalue weighted by Crippen LogP contribution is -2.46. The first-order valence-corrected chi connectivity index (χ1v) is 9.66. The van der Waals surface area contributed by atoms with Crippen LogP contribution in [0.25, 0.3) is 0 Å². The number of carbonyl (C=O) groups is 2. The van der Waals surface area contributed by atoms with E-state index in [9.17, 15) is 9.59 Å². The normalized spacial score (nSPS) is 11.7. The standard InChI is InChI=1S/C22H27ClN2O2/c1-4-17-9-11-18(12-10-17)13-14-21(26)25(16(2)22(27)24-3)15-19-7-5-6-8-20(19)23/h5-12,16H,4,13-15H2,1-3H3,(H,24,27)/t16-/m0/s1. The molecular weight excluding hydrogens is 360 g/mol. The van der Waals surface area contributed by atoms with E-state index in [0.717, 1.165) is 17.5 Å². The van der Waals surface area contributed by atoms with Crippen LogP contribution < -0.4 is 5.32 Å². The van der Waals surface area contributed by atoms with Crippen LogP contribution in [0, 0.1) is 0 Å². The third kappa shape index (κ3) is 5.83. The average Bonchev–Trinajstić information content (AvgIpc) is 2.70. The van der Waals surface area contributed by atoms with E-state index in [0.29, 0.717) is 24.4 Å². The molecule has 2 aromatic carbocycles. The van der Waals surface area contributed by atoms with Gasteiger partial charge >= 0.3 is 0 Å². The first-order valence-electron chi connectivity index (χ1n) is 9.28. The van der Waals surface area contributed by atoms with Crippen molar-refractivity contribution < 1.29 is 9.59 Å². The van der Waals surface area contributed by atoms with Crippen LogP contribution in [-0.2, 0) is 29.0 Å². The Morgan fingerprint density at radius 2 is 1.70 bits per heavy atom. The number of hydrogen-bond acceptors (Lipinski definition) is 2. The number of hydrogen-bond donors (Lipinski definition) is 1. The predicted molar refractivity (Wildman–Crippen MR) is 110 cm³/mol. The lowest BCUT2D eigenvalue weighted by molar-refractivity contribution is -0.140. The molecule has 2 amide bonds. The van der Waals surface area contributed by atoms with E-state index >= 15 is 0 Å². The second-order valence-electron chi connectivity index (χ2n) is 6.57. The minimum Gasteiger partial charge on any atom is -0.357 e. The fraction of sp³-hybridized carbons (Fsp3) is 0.364. The van der Waals surface area contributed by atoms with Gasteiger partial charge in [0.05, 0.1) is 0 Å². The van der Waals surface area contributed by atoms with Crippen LogP contribution in [0.5, 0.6) is 0 Å². The number of likely N-dealkylation sites (N-methyl/N-ethyl adjacent to an activating group) is 1. The van der Waals surface area contributed by atoms with Gasteiger partial charge in [-0.3, -0.25) is 9.59 Å². The zero-order valence-corrected chi connectivity index (χ0v) is 16.9. The van der Waals surface area contributed by atoms with E-state index in [1.54, 1.807) is 24.9 Å². The third-order valence-electron chi connectivity index (χ3n) is 4.77. The highest BCUT2D eigenvalue weighted by atomic mass is 35.5. The third-order valence-corrected chi connectivity index (χ3v) is 5.14. The van der Waals surface area contributed by atoms with E-state index < -0.39 is 6.04 Å². The van der Waals surface area contributed by atoms with E-state index in [1.807, 2.05) is 18.2 Å². The van der Waals surface area contributed by atoms with Crippen molar-refractivity contribution in [3.05, 3.63) is 70.2 Å². The molecule has 0 saturated carbocycles. The number of rotatable bonds is 8. The van der Waals surface area contributed by atoms with Crippen molar-refractivity contribution in [3.8, 4) is 0 Å². The lowest BCUT2D eigenvalue weighted by atomic mass is 10.0. The van der Waals surface area contributed by atoms with Crippen LogP contribution >= 0.6 is 11.6 Å². The second-order valence-corrected chi connectivity index (χ2v) is 6.98. The lowest BCUT2D eigenvalue weighted by Gasteiger charge is -2.28. The van der Waals surface area contributed by atoms with E-state index in [1.165, 1.54) is 5.56 Å². The summed E-state index contributed by atoms with van der Waals surface area (Å²) in [5.74, 6) is -0.256. The average molecular weight is 387 g/mol. The largest absolute Gasteiger partial charge is 0.357 e. The predicted octanol–water partition coefficient (Wildman–Crippen LogP) is 4.00. The molecule has 0 bridgehead atoms. The van der Waals surface area contributed by atoms with Crippen LogP contribution in [0.4, 0.5) is 0 Å². The molecule has 0 heterocycles. The number of nitrogens with one attached hydrogen (secondary N) is 1. The summed E-state index contributed by atoms with van der Waals surface area (Å²) in [6.45, 7) is 4.16. The smallest absolute Gasteiger partial charge is 0.242 e. The Morgan fingerprint density at radius 3 is 2.30 bits per heavy atom. The number of amides is 2. The van der Waals surface area contributed by atoms with Gasteiger partial charge in [0, 0.05) is 25.0 Å². The number of halogens is 1. The van der Waals surface area contributed by atoms with Crippen molar-refractivity contribution in [3.63, 3.8) is 0 Å². The monoisotopic (exact) mass is 386 g/mol. The minimum absolute atomic E-state index is 0.0643. The highest BCUT2D eigenvalue weighted by Crippen LogP contribution is 2.19. The molecule has 2 aromatic rings. The molecule has 5 heteroatoms. The molecule has 0 saturated heterocycles. The first kappa shape index (κ1) is 21.0. The zero-order valence-electron chi connectivity index (χ0n) is 16.2. The van der Waals surface area contributed by atoms with Gasteiger partial charge in [0.2, 0.25) is 11.8 Å². The van der Waals surface area contributed by atoms with Crippen LogP contribution in [0.1, 0.15) is 37.0 Å². The zero-order chi connectivity index (χ0) is 19.8. The van der Waals surface area contributed by atoms with Gasteiger partial charge in [-0.15, -0.1) is 0 Å². The topological polar surface area (TPSA) is 49.4 Å². The molecular formula is C22H27ClN2O2. The Kier molecular flexibility index (Phi) is 7.86. The summed E-state index contributed by atoms with van der Waals surface area (Å²) in [6.07, 6.45) is 1.98. The SMILES string of the molecule is CCc1ccc(CCC(=O)N(Cc2ccccc2Cl)[C@@H](C)C(=O)NC)cc1. The Balaban J connectivity index is 2.12. The molecule has 0 radical (unpaired) electrons. The molecule has 0 spiro atoms. The van der Waals surface area contributed by atoms with Crippen LogP contribution in [0.15, 0.2) is 48.5 Å². The molecule has 144 valence electrons. The van der Waals surface area contributed by atoms with E-state index in [4.69, 9.17) is 11.6 Å². The van der Waals surface area contributed by atoms with Gasteiger partial charge in [-0.2, -0.15) is 0 Å². The molecule has 1 atom stereocenters. The number of carbonyl (C=O) groups excluding carboxylic acids is 2. The van der Waals surface area contributed by atoms with E-state index in [2.05, 4.69) is 36.5 Å². The molecule has 1 N–H and O–H groups in total.